The van der Waals surface area contributed by atoms with Crippen LogP contribution in [0.15, 0.2) is 28.8 Å². The summed E-state index contributed by atoms with van der Waals surface area (Å²) in [5.74, 6) is -0.321. The molecule has 2 rings (SSSR count). The molecule has 6 heteroatoms. The SMILES string of the molecule is CCOC(=O)c1noc(-c2ccc(I)cc2)n1. The molecule has 1 heterocycles. The number of aromatic nitrogens is 2. The van der Waals surface area contributed by atoms with Crippen molar-refractivity contribution in [3.8, 4) is 11.5 Å². The predicted molar refractivity (Wildman–Crippen MR) is 68.4 cm³/mol. The number of carbonyl (C=O) groups is 1. The van der Waals surface area contributed by atoms with E-state index in [0.29, 0.717) is 5.89 Å². The zero-order valence-corrected chi connectivity index (χ0v) is 11.2. The van der Waals surface area contributed by atoms with Gasteiger partial charge in [-0.05, 0) is 58.9 Å². The van der Waals surface area contributed by atoms with Gasteiger partial charge in [-0.2, -0.15) is 4.98 Å². The lowest BCUT2D eigenvalue weighted by molar-refractivity contribution is 0.0508. The third-order valence-corrected chi connectivity index (χ3v) is 2.69. The van der Waals surface area contributed by atoms with Gasteiger partial charge in [0.2, 0.25) is 0 Å². The average molecular weight is 344 g/mol. The fraction of sp³-hybridized carbons (Fsp3) is 0.182. The number of nitrogens with zero attached hydrogens (tertiary/aromatic N) is 2. The molecule has 0 aliphatic heterocycles. The molecule has 2 aromatic rings. The van der Waals surface area contributed by atoms with E-state index in [0.717, 1.165) is 9.13 Å². The van der Waals surface area contributed by atoms with Gasteiger partial charge in [-0.1, -0.05) is 0 Å². The van der Waals surface area contributed by atoms with E-state index in [-0.39, 0.29) is 12.4 Å². The summed E-state index contributed by atoms with van der Waals surface area (Å²) in [6.07, 6.45) is 0. The Balaban J connectivity index is 2.23. The second kappa shape index (κ2) is 5.26. The van der Waals surface area contributed by atoms with E-state index in [1.54, 1.807) is 6.92 Å². The Labute approximate surface area is 111 Å². The number of halogens is 1. The summed E-state index contributed by atoms with van der Waals surface area (Å²) in [5.41, 5.74) is 0.772. The molecule has 0 N–H and O–H groups in total. The maximum atomic E-state index is 11.3. The summed E-state index contributed by atoms with van der Waals surface area (Å²) in [7, 11) is 0. The molecule has 5 nitrogen and oxygen atoms in total. The van der Waals surface area contributed by atoms with Crippen molar-refractivity contribution in [1.29, 1.82) is 0 Å². The van der Waals surface area contributed by atoms with Gasteiger partial charge < -0.3 is 9.26 Å². The second-order valence-corrected chi connectivity index (χ2v) is 4.40. The maximum absolute atomic E-state index is 11.3. The van der Waals surface area contributed by atoms with Crippen LogP contribution in [0.4, 0.5) is 0 Å². The molecule has 0 unspecified atom stereocenters. The first-order valence-electron chi connectivity index (χ1n) is 4.97. The molecule has 0 saturated carbocycles. The number of carbonyl (C=O) groups excluding carboxylic acids is 1. The first kappa shape index (κ1) is 12.0. The van der Waals surface area contributed by atoms with Crippen molar-refractivity contribution >= 4 is 28.6 Å². The molecule has 88 valence electrons. The fourth-order valence-corrected chi connectivity index (χ4v) is 1.57. The summed E-state index contributed by atoms with van der Waals surface area (Å²) in [5, 5.41) is 3.57. The van der Waals surface area contributed by atoms with Gasteiger partial charge >= 0.3 is 5.97 Å². The van der Waals surface area contributed by atoms with Crippen LogP contribution in [0.5, 0.6) is 0 Å². The van der Waals surface area contributed by atoms with E-state index in [1.807, 2.05) is 24.3 Å². The fourth-order valence-electron chi connectivity index (χ4n) is 1.21. The van der Waals surface area contributed by atoms with Gasteiger partial charge in [-0.25, -0.2) is 4.79 Å². The Bertz CT molecular complexity index is 522. The molecule has 0 bridgehead atoms. The zero-order valence-electron chi connectivity index (χ0n) is 9.01. The van der Waals surface area contributed by atoms with Gasteiger partial charge in [0.1, 0.15) is 0 Å². The van der Waals surface area contributed by atoms with E-state index in [1.165, 1.54) is 0 Å². The highest BCUT2D eigenvalue weighted by Gasteiger charge is 2.16. The zero-order chi connectivity index (χ0) is 12.3. The molecule has 17 heavy (non-hydrogen) atoms. The summed E-state index contributed by atoms with van der Waals surface area (Å²) in [4.78, 5) is 15.3. The second-order valence-electron chi connectivity index (χ2n) is 3.15. The lowest BCUT2D eigenvalue weighted by Crippen LogP contribution is -2.06. The van der Waals surface area contributed by atoms with E-state index < -0.39 is 5.97 Å². The minimum absolute atomic E-state index is 0.0552. The molecule has 0 fully saturated rings. The summed E-state index contributed by atoms with van der Waals surface area (Å²) < 4.78 is 10.9. The smallest absolute Gasteiger partial charge is 0.379 e. The quantitative estimate of drug-likeness (QED) is 0.632. The first-order chi connectivity index (χ1) is 8.20. The third kappa shape index (κ3) is 2.82. The van der Waals surface area contributed by atoms with Gasteiger partial charge in [0.25, 0.3) is 11.7 Å². The normalized spacial score (nSPS) is 10.2. The number of esters is 1. The molecule has 1 aromatic carbocycles. The Morgan fingerprint density at radius 3 is 2.76 bits per heavy atom. The van der Waals surface area contributed by atoms with Crippen LogP contribution in [0, 0.1) is 3.57 Å². The number of hydrogen-bond donors (Lipinski definition) is 0. The van der Waals surface area contributed by atoms with Crippen LogP contribution in [0.1, 0.15) is 17.5 Å². The van der Waals surface area contributed by atoms with Crippen LogP contribution in [-0.4, -0.2) is 22.7 Å². The van der Waals surface area contributed by atoms with Crippen molar-refractivity contribution in [3.05, 3.63) is 33.7 Å². The van der Waals surface area contributed by atoms with E-state index in [4.69, 9.17) is 9.26 Å². The molecule has 0 aliphatic carbocycles. The van der Waals surface area contributed by atoms with Crippen molar-refractivity contribution in [2.24, 2.45) is 0 Å². The minimum atomic E-state index is -0.576. The maximum Gasteiger partial charge on any atom is 0.379 e. The van der Waals surface area contributed by atoms with Gasteiger partial charge in [-0.15, -0.1) is 0 Å². The molecule has 0 aliphatic rings. The molecule has 0 spiro atoms. The highest BCUT2D eigenvalue weighted by atomic mass is 127. The van der Waals surface area contributed by atoms with Gasteiger partial charge in [0.15, 0.2) is 0 Å². The van der Waals surface area contributed by atoms with Gasteiger partial charge in [0, 0.05) is 9.13 Å². The van der Waals surface area contributed by atoms with Crippen molar-refractivity contribution in [1.82, 2.24) is 10.1 Å². The van der Waals surface area contributed by atoms with Crippen molar-refractivity contribution in [2.45, 2.75) is 6.92 Å². The lowest BCUT2D eigenvalue weighted by atomic mass is 10.2. The van der Waals surface area contributed by atoms with E-state index in [9.17, 15) is 4.79 Å². The Morgan fingerprint density at radius 1 is 1.41 bits per heavy atom. The Hall–Kier alpha value is -1.44. The molecule has 1 aromatic heterocycles. The number of ether oxygens (including phenoxy) is 1. The minimum Gasteiger partial charge on any atom is -0.460 e. The van der Waals surface area contributed by atoms with E-state index >= 15 is 0 Å². The molecule has 0 atom stereocenters. The standard InChI is InChI=1S/C11H9IN2O3/c1-2-16-11(15)9-13-10(17-14-9)7-3-5-8(12)6-4-7/h3-6H,2H2,1H3. The molecule has 0 saturated heterocycles. The first-order valence-corrected chi connectivity index (χ1v) is 6.05. The van der Waals surface area contributed by atoms with Crippen LogP contribution in [0.3, 0.4) is 0 Å². The average Bonchev–Trinajstić information content (AvgIpc) is 2.80. The number of benzene rings is 1. The molecular weight excluding hydrogens is 335 g/mol. The highest BCUT2D eigenvalue weighted by molar-refractivity contribution is 14.1. The van der Waals surface area contributed by atoms with Crippen LogP contribution >= 0.6 is 22.6 Å². The molecule has 0 amide bonds. The van der Waals surface area contributed by atoms with Crippen LogP contribution < -0.4 is 0 Å². The molecular formula is C11H9IN2O3. The summed E-state index contributed by atoms with van der Waals surface area (Å²) >= 11 is 2.20. The monoisotopic (exact) mass is 344 g/mol. The topological polar surface area (TPSA) is 65.2 Å². The van der Waals surface area contributed by atoms with Crippen LogP contribution in [0.25, 0.3) is 11.5 Å². The largest absolute Gasteiger partial charge is 0.460 e. The van der Waals surface area contributed by atoms with Crippen molar-refractivity contribution in [3.63, 3.8) is 0 Å². The molecule has 0 radical (unpaired) electrons. The number of hydrogen-bond acceptors (Lipinski definition) is 5. The Kier molecular flexibility index (Phi) is 3.72. The highest BCUT2D eigenvalue weighted by Crippen LogP contribution is 2.18. The Morgan fingerprint density at radius 2 is 2.12 bits per heavy atom. The predicted octanol–water partition coefficient (Wildman–Crippen LogP) is 2.52. The van der Waals surface area contributed by atoms with Crippen LogP contribution in [0.2, 0.25) is 0 Å². The summed E-state index contributed by atoms with van der Waals surface area (Å²) in [6, 6.07) is 7.54. The lowest BCUT2D eigenvalue weighted by Gasteiger charge is -1.94. The van der Waals surface area contributed by atoms with Crippen molar-refractivity contribution in [2.75, 3.05) is 6.61 Å². The van der Waals surface area contributed by atoms with Gasteiger partial charge in [0.05, 0.1) is 6.61 Å². The van der Waals surface area contributed by atoms with Crippen LogP contribution in [-0.2, 0) is 4.74 Å². The van der Waals surface area contributed by atoms with Crippen molar-refractivity contribution < 1.29 is 14.1 Å². The van der Waals surface area contributed by atoms with Gasteiger partial charge in [-0.3, -0.25) is 0 Å². The van der Waals surface area contributed by atoms with E-state index in [2.05, 4.69) is 32.7 Å². The summed E-state index contributed by atoms with van der Waals surface area (Å²) in [6.45, 7) is 2.00. The number of rotatable bonds is 3. The third-order valence-electron chi connectivity index (χ3n) is 1.98.